The number of carboxylic acid groups (broad SMARTS) is 1. The van der Waals surface area contributed by atoms with Crippen LogP contribution in [0.25, 0.3) is 11.1 Å². The lowest BCUT2D eigenvalue weighted by molar-refractivity contribution is -0.137. The first-order chi connectivity index (χ1) is 9.71. The molecule has 0 aliphatic heterocycles. The number of carbonyl (C=O) groups is 1. The minimum Gasteiger partial charge on any atom is -0.477 e. The summed E-state index contributed by atoms with van der Waals surface area (Å²) in [6, 6.07) is 6.10. The lowest BCUT2D eigenvalue weighted by Gasteiger charge is -2.12. The Labute approximate surface area is 119 Å². The minimum atomic E-state index is -4.46. The molecule has 0 aliphatic carbocycles. The Kier molecular flexibility index (Phi) is 3.80. The van der Waals surface area contributed by atoms with Gasteiger partial charge in [0.15, 0.2) is 0 Å². The zero-order chi connectivity index (χ0) is 15.8. The van der Waals surface area contributed by atoms with Gasteiger partial charge in [-0.1, -0.05) is 12.1 Å². The summed E-state index contributed by atoms with van der Waals surface area (Å²) < 4.78 is 39.8. The zero-order valence-electron chi connectivity index (χ0n) is 11.5. The Bertz CT molecular complexity index is 672. The van der Waals surface area contributed by atoms with Crippen LogP contribution in [0.5, 0.6) is 0 Å². The van der Waals surface area contributed by atoms with Crippen molar-refractivity contribution in [2.45, 2.75) is 26.1 Å². The molecular weight excluding hydrogens is 283 g/mol. The Hall–Kier alpha value is -2.24. The number of aromatic nitrogens is 1. The molecule has 3 nitrogen and oxygen atoms in total. The van der Waals surface area contributed by atoms with Crippen molar-refractivity contribution in [3.63, 3.8) is 0 Å². The highest BCUT2D eigenvalue weighted by atomic mass is 19.4. The highest BCUT2D eigenvalue weighted by molar-refractivity contribution is 5.94. The number of hydrogen-bond donors (Lipinski definition) is 1. The van der Waals surface area contributed by atoms with Crippen molar-refractivity contribution in [1.29, 1.82) is 0 Å². The van der Waals surface area contributed by atoms with E-state index in [2.05, 4.69) is 0 Å². The molecule has 21 heavy (non-hydrogen) atoms. The highest BCUT2D eigenvalue weighted by Crippen LogP contribution is 2.34. The van der Waals surface area contributed by atoms with Gasteiger partial charge in [0.1, 0.15) is 5.69 Å². The number of carboxylic acids is 1. The van der Waals surface area contributed by atoms with Gasteiger partial charge >= 0.3 is 12.1 Å². The van der Waals surface area contributed by atoms with Crippen molar-refractivity contribution < 1.29 is 23.1 Å². The van der Waals surface area contributed by atoms with Gasteiger partial charge < -0.3 is 9.67 Å². The number of halogens is 3. The molecule has 1 aromatic carbocycles. The molecule has 0 spiro atoms. The lowest BCUT2D eigenvalue weighted by Crippen LogP contribution is -2.11. The second-order valence-electron chi connectivity index (χ2n) is 4.96. The van der Waals surface area contributed by atoms with Crippen molar-refractivity contribution in [3.8, 4) is 11.1 Å². The molecule has 0 aliphatic rings. The normalized spacial score (nSPS) is 11.9. The highest BCUT2D eigenvalue weighted by Gasteiger charge is 2.31. The van der Waals surface area contributed by atoms with Crippen LogP contribution < -0.4 is 0 Å². The first-order valence-corrected chi connectivity index (χ1v) is 6.33. The van der Waals surface area contributed by atoms with E-state index in [0.717, 1.165) is 12.1 Å². The van der Waals surface area contributed by atoms with Crippen LogP contribution in [0.4, 0.5) is 13.2 Å². The van der Waals surface area contributed by atoms with Crippen molar-refractivity contribution in [2.75, 3.05) is 0 Å². The van der Waals surface area contributed by atoms with Crippen LogP contribution in [0.2, 0.25) is 0 Å². The summed E-state index contributed by atoms with van der Waals surface area (Å²) in [6.07, 6.45) is -2.89. The molecule has 0 fully saturated rings. The molecule has 1 N–H and O–H groups in total. The molecule has 0 atom stereocenters. The van der Waals surface area contributed by atoms with Gasteiger partial charge in [0.05, 0.1) is 5.56 Å². The monoisotopic (exact) mass is 297 g/mol. The molecular formula is C15H14F3NO2. The lowest BCUT2D eigenvalue weighted by atomic mass is 10.0. The smallest absolute Gasteiger partial charge is 0.416 e. The van der Waals surface area contributed by atoms with E-state index in [0.29, 0.717) is 0 Å². The molecule has 0 radical (unpaired) electrons. The van der Waals surface area contributed by atoms with E-state index in [4.69, 9.17) is 0 Å². The predicted molar refractivity (Wildman–Crippen MR) is 72.2 cm³/mol. The third-order valence-electron chi connectivity index (χ3n) is 3.17. The van der Waals surface area contributed by atoms with E-state index in [1.165, 1.54) is 22.8 Å². The fourth-order valence-corrected chi connectivity index (χ4v) is 2.20. The second kappa shape index (κ2) is 5.27. The van der Waals surface area contributed by atoms with Crippen molar-refractivity contribution in [3.05, 3.63) is 47.8 Å². The summed E-state index contributed by atoms with van der Waals surface area (Å²) in [6.45, 7) is 3.62. The van der Waals surface area contributed by atoms with E-state index in [1.54, 1.807) is 6.20 Å². The molecule has 0 amide bonds. The van der Waals surface area contributed by atoms with Crippen LogP contribution in [0, 0.1) is 0 Å². The van der Waals surface area contributed by atoms with E-state index in [9.17, 15) is 23.1 Å². The number of aromatic carboxylic acids is 1. The van der Waals surface area contributed by atoms with E-state index < -0.39 is 17.7 Å². The van der Waals surface area contributed by atoms with Crippen LogP contribution >= 0.6 is 0 Å². The molecule has 112 valence electrons. The zero-order valence-corrected chi connectivity index (χ0v) is 11.5. The summed E-state index contributed by atoms with van der Waals surface area (Å²) in [4.78, 5) is 11.4. The van der Waals surface area contributed by atoms with Gasteiger partial charge in [-0.3, -0.25) is 0 Å². The van der Waals surface area contributed by atoms with Gasteiger partial charge in [0.25, 0.3) is 0 Å². The fraction of sp³-hybridized carbons (Fsp3) is 0.267. The summed E-state index contributed by atoms with van der Waals surface area (Å²) in [5.74, 6) is -1.17. The largest absolute Gasteiger partial charge is 0.477 e. The molecule has 1 aromatic heterocycles. The van der Waals surface area contributed by atoms with E-state index >= 15 is 0 Å². The Morgan fingerprint density at radius 3 is 2.43 bits per heavy atom. The van der Waals surface area contributed by atoms with Gasteiger partial charge in [0.2, 0.25) is 0 Å². The van der Waals surface area contributed by atoms with Gasteiger partial charge in [-0.05, 0) is 37.6 Å². The Balaban J connectivity index is 2.60. The molecule has 2 rings (SSSR count). The van der Waals surface area contributed by atoms with Crippen molar-refractivity contribution in [1.82, 2.24) is 4.57 Å². The Morgan fingerprint density at radius 2 is 1.90 bits per heavy atom. The Morgan fingerprint density at radius 1 is 1.24 bits per heavy atom. The van der Waals surface area contributed by atoms with Crippen LogP contribution in [0.15, 0.2) is 36.5 Å². The molecule has 0 saturated carbocycles. The van der Waals surface area contributed by atoms with E-state index in [1.807, 2.05) is 13.8 Å². The summed E-state index contributed by atoms with van der Waals surface area (Å²) in [7, 11) is 0. The molecule has 0 unspecified atom stereocenters. The fourth-order valence-electron chi connectivity index (χ4n) is 2.20. The summed E-state index contributed by atoms with van der Waals surface area (Å²) in [5.41, 5.74) is -0.290. The average molecular weight is 297 g/mol. The molecule has 1 heterocycles. The number of nitrogens with zero attached hydrogens (tertiary/aromatic N) is 1. The van der Waals surface area contributed by atoms with Crippen molar-refractivity contribution >= 4 is 5.97 Å². The quantitative estimate of drug-likeness (QED) is 0.909. The standard InChI is InChI=1S/C15H14F3NO2/c1-9(2)19-7-6-12(13(19)14(20)21)10-4-3-5-11(8-10)15(16,17)18/h3-9H,1-2H3,(H,20,21). The number of hydrogen-bond acceptors (Lipinski definition) is 1. The third kappa shape index (κ3) is 2.94. The molecule has 0 saturated heterocycles. The predicted octanol–water partition coefficient (Wildman–Crippen LogP) is 4.45. The SMILES string of the molecule is CC(C)n1ccc(-c2cccc(C(F)(F)F)c2)c1C(=O)O. The van der Waals surface area contributed by atoms with Gasteiger partial charge in [-0.2, -0.15) is 13.2 Å². The average Bonchev–Trinajstić information content (AvgIpc) is 2.82. The topological polar surface area (TPSA) is 42.2 Å². The molecule has 0 bridgehead atoms. The van der Waals surface area contributed by atoms with Crippen LogP contribution in [-0.4, -0.2) is 15.6 Å². The number of alkyl halides is 3. The second-order valence-corrected chi connectivity index (χ2v) is 4.96. The van der Waals surface area contributed by atoms with E-state index in [-0.39, 0.29) is 22.9 Å². The molecule has 2 aromatic rings. The van der Waals surface area contributed by atoms with Crippen LogP contribution in [0.1, 0.15) is 35.9 Å². The summed E-state index contributed by atoms with van der Waals surface area (Å²) >= 11 is 0. The number of benzene rings is 1. The van der Waals surface area contributed by atoms with Gasteiger partial charge in [-0.25, -0.2) is 4.79 Å². The maximum absolute atomic E-state index is 12.8. The van der Waals surface area contributed by atoms with Crippen molar-refractivity contribution in [2.24, 2.45) is 0 Å². The van der Waals surface area contributed by atoms with Crippen LogP contribution in [0.3, 0.4) is 0 Å². The van der Waals surface area contributed by atoms with Crippen LogP contribution in [-0.2, 0) is 6.18 Å². The molecule has 6 heteroatoms. The minimum absolute atomic E-state index is 0.00988. The first kappa shape index (κ1) is 15.2. The summed E-state index contributed by atoms with van der Waals surface area (Å²) in [5, 5.41) is 9.33. The first-order valence-electron chi connectivity index (χ1n) is 6.33. The maximum atomic E-state index is 12.8. The third-order valence-corrected chi connectivity index (χ3v) is 3.17. The maximum Gasteiger partial charge on any atom is 0.416 e. The van der Waals surface area contributed by atoms with Gasteiger partial charge in [0, 0.05) is 17.8 Å². The number of rotatable bonds is 3. The van der Waals surface area contributed by atoms with Gasteiger partial charge in [-0.15, -0.1) is 0 Å².